The monoisotopic (exact) mass is 932 g/mol. The summed E-state index contributed by atoms with van der Waals surface area (Å²) in [6.45, 7) is 23.0. The van der Waals surface area contributed by atoms with Gasteiger partial charge in [-0.25, -0.2) is 0 Å². The molecule has 0 unspecified atom stereocenters. The number of hydrogen-bond acceptors (Lipinski definition) is 9. The summed E-state index contributed by atoms with van der Waals surface area (Å²) in [6.07, 6.45) is -10.8. The van der Waals surface area contributed by atoms with Gasteiger partial charge < -0.3 is 0 Å². The van der Waals surface area contributed by atoms with E-state index in [0.29, 0.717) is 3.58 Å². The van der Waals surface area contributed by atoms with Crippen molar-refractivity contribution in [2.24, 2.45) is 0 Å². The van der Waals surface area contributed by atoms with E-state index < -0.39 is 38.2 Å². The summed E-state index contributed by atoms with van der Waals surface area (Å²) in [5.41, 5.74) is 0. The Morgan fingerprint density at radius 3 is 0.875 bits per heavy atom. The molecule has 0 N–H and O–H groups in total. The number of rotatable bonds is 19. The van der Waals surface area contributed by atoms with Crippen molar-refractivity contribution in [1.82, 2.24) is 0 Å². The average Bonchev–Trinajstić information content (AvgIpc) is 2.69. The fraction of sp³-hybridized carbons (Fsp3) is 0.750. The van der Waals surface area contributed by atoms with E-state index in [4.69, 9.17) is 35.7 Å². The van der Waals surface area contributed by atoms with Crippen molar-refractivity contribution in [2.75, 3.05) is 0 Å². The van der Waals surface area contributed by atoms with Crippen molar-refractivity contribution in [3.63, 3.8) is 0 Å². The molecule has 16 heteroatoms. The van der Waals surface area contributed by atoms with E-state index in [2.05, 4.69) is 45.3 Å². The Balaban J connectivity index is 4.07. The van der Waals surface area contributed by atoms with Crippen LogP contribution in [0.15, 0.2) is 30.3 Å². The Labute approximate surface area is 270 Å². The Morgan fingerprint density at radius 2 is 0.675 bits per heavy atom. The summed E-state index contributed by atoms with van der Waals surface area (Å²) >= 11 is 4.00. The predicted octanol–water partition coefficient (Wildman–Crippen LogP) is 6.97. The molecule has 0 amide bonds. The van der Waals surface area contributed by atoms with Gasteiger partial charge in [0, 0.05) is 0 Å². The minimum absolute atomic E-state index is 0.216. The van der Waals surface area contributed by atoms with Gasteiger partial charge in [0.05, 0.1) is 0 Å². The zero-order valence-corrected chi connectivity index (χ0v) is 36.3. The van der Waals surface area contributed by atoms with Crippen molar-refractivity contribution in [2.45, 2.75) is 120 Å². The van der Waals surface area contributed by atoms with Crippen molar-refractivity contribution < 1.29 is 35.7 Å². The van der Waals surface area contributed by atoms with Crippen molar-refractivity contribution in [3.8, 4) is 0 Å². The summed E-state index contributed by atoms with van der Waals surface area (Å²) in [4.78, 5) is 0. The molecule has 0 radical (unpaired) electrons. The van der Waals surface area contributed by atoms with E-state index in [1.165, 1.54) is 0 Å². The standard InChI is InChI=1S/3C6H15O3PSe.C6H5.Sn/c3*1-5(2)8-10(7,11)9-6(3)4;1-2-4-6-5-3-1;/h3*5-6H,1-4H3,(H,7,11);1-5H;/q;;;;+3/p-3. The molecule has 0 fully saturated rings. The molecule has 0 saturated carbocycles. The van der Waals surface area contributed by atoms with Gasteiger partial charge >= 0.3 is 273 Å². The molecule has 0 spiro atoms. The Kier molecular flexibility index (Phi) is 18.2. The zero-order valence-electron chi connectivity index (χ0n) is 25.6. The summed E-state index contributed by atoms with van der Waals surface area (Å²) in [6, 6.07) is 9.55. The maximum atomic E-state index is 7.02. The van der Waals surface area contributed by atoms with Crippen molar-refractivity contribution in [3.05, 3.63) is 30.3 Å². The first-order valence-electron chi connectivity index (χ1n) is 13.3. The van der Waals surface area contributed by atoms with Crippen LogP contribution in [0.4, 0.5) is 0 Å². The van der Waals surface area contributed by atoms with E-state index in [-0.39, 0.29) is 36.6 Å². The van der Waals surface area contributed by atoms with Gasteiger partial charge in [0.15, 0.2) is 0 Å². The SMILES string of the molecule is CC(C)OP(=[Se])(OC(C)C)[O][Sn]([O]P(=[Se])(OC(C)C)OC(C)C)([O]P(=[Se])(OC(C)C)OC(C)C)[c]1ccccc1. The van der Waals surface area contributed by atoms with Crippen molar-refractivity contribution >= 4 is 87.1 Å². The van der Waals surface area contributed by atoms with Gasteiger partial charge in [0.25, 0.3) is 0 Å². The van der Waals surface area contributed by atoms with E-state index in [9.17, 15) is 0 Å². The third kappa shape index (κ3) is 15.2. The third-order valence-corrected chi connectivity index (χ3v) is 36.9. The molecule has 0 saturated heterocycles. The van der Waals surface area contributed by atoms with E-state index in [0.717, 1.165) is 0 Å². The minimum atomic E-state index is -5.27. The molecule has 0 aromatic heterocycles. The summed E-state index contributed by atoms with van der Waals surface area (Å²) in [5, 5.41) is 0. The molecule has 1 rings (SSSR count). The van der Waals surface area contributed by atoms with E-state index >= 15 is 0 Å². The van der Waals surface area contributed by atoms with Crippen molar-refractivity contribution in [1.29, 1.82) is 0 Å². The molecular weight excluding hydrogens is 881 g/mol. The quantitative estimate of drug-likeness (QED) is 0.108. The van der Waals surface area contributed by atoms with Gasteiger partial charge in [-0.3, -0.25) is 0 Å². The van der Waals surface area contributed by atoms with Crippen LogP contribution in [0.2, 0.25) is 0 Å². The van der Waals surface area contributed by atoms with Gasteiger partial charge in [-0.1, -0.05) is 0 Å². The molecule has 0 bridgehead atoms. The van der Waals surface area contributed by atoms with Gasteiger partial charge in [-0.15, -0.1) is 0 Å². The van der Waals surface area contributed by atoms with Crippen LogP contribution in [0, 0.1) is 0 Å². The fourth-order valence-corrected chi connectivity index (χ4v) is 43.8. The molecular formula is C24H47O9P3Se3Sn. The molecule has 1 aromatic carbocycles. The number of benzene rings is 1. The van der Waals surface area contributed by atoms with Crippen LogP contribution in [0.5, 0.6) is 0 Å². The van der Waals surface area contributed by atoms with E-state index in [1.54, 1.807) is 0 Å². The van der Waals surface area contributed by atoms with E-state index in [1.807, 2.05) is 113 Å². The number of hydrogen-bond donors (Lipinski definition) is 0. The normalized spacial score (nSPS) is 14.1. The van der Waals surface area contributed by atoms with Crippen LogP contribution in [0.1, 0.15) is 83.1 Å². The van der Waals surface area contributed by atoms with Crippen LogP contribution in [-0.2, 0) is 35.7 Å². The third-order valence-electron chi connectivity index (χ3n) is 3.86. The molecule has 0 aliphatic heterocycles. The molecule has 0 aliphatic rings. The van der Waals surface area contributed by atoms with Gasteiger partial charge in [0.1, 0.15) is 0 Å². The van der Waals surface area contributed by atoms with Crippen LogP contribution >= 0.6 is 18.6 Å². The van der Waals surface area contributed by atoms with Gasteiger partial charge in [-0.05, 0) is 0 Å². The second-order valence-corrected chi connectivity index (χ2v) is 32.9. The van der Waals surface area contributed by atoms with Crippen LogP contribution in [0.3, 0.4) is 0 Å². The Bertz CT molecular complexity index is 903. The topological polar surface area (TPSA) is 83.1 Å². The van der Waals surface area contributed by atoms with Gasteiger partial charge in [0.2, 0.25) is 0 Å². The molecule has 0 heterocycles. The first-order valence-corrected chi connectivity index (χ1v) is 29.5. The average molecular weight is 928 g/mol. The Hall–Kier alpha value is 2.51. The van der Waals surface area contributed by atoms with Gasteiger partial charge in [-0.2, -0.15) is 0 Å². The Morgan fingerprint density at radius 1 is 0.450 bits per heavy atom. The van der Waals surface area contributed by atoms with Crippen LogP contribution in [0.25, 0.3) is 0 Å². The molecule has 9 nitrogen and oxygen atoms in total. The summed E-state index contributed by atoms with van der Waals surface area (Å²) in [5.74, 6) is 0. The first-order chi connectivity index (χ1) is 18.2. The second-order valence-electron chi connectivity index (χ2n) is 10.5. The van der Waals surface area contributed by atoms with Crippen LogP contribution in [-0.4, -0.2) is 102 Å². The molecule has 0 atom stereocenters. The summed E-state index contributed by atoms with van der Waals surface area (Å²) in [7, 11) is 0. The molecule has 234 valence electrons. The molecule has 1 aromatic rings. The second kappa shape index (κ2) is 18.0. The first kappa shape index (κ1) is 40.5. The molecule has 0 aliphatic carbocycles. The summed E-state index contributed by atoms with van der Waals surface area (Å²) < 4.78 is 59.7. The van der Waals surface area contributed by atoms with Crippen LogP contribution < -0.4 is 3.58 Å². The maximum absolute atomic E-state index is 7.02. The fourth-order valence-electron chi connectivity index (χ4n) is 3.04. The zero-order chi connectivity index (χ0) is 30.9. The molecule has 40 heavy (non-hydrogen) atoms. The predicted molar refractivity (Wildman–Crippen MR) is 170 cm³/mol.